The normalized spacial score (nSPS) is 14.5. The fourth-order valence-electron chi connectivity index (χ4n) is 3.15. The number of carbonyl (C=O) groups excluding carboxylic acids is 1. The first-order chi connectivity index (χ1) is 12.2. The van der Waals surface area contributed by atoms with Crippen molar-refractivity contribution in [3.63, 3.8) is 0 Å². The molecule has 0 saturated heterocycles. The molecule has 0 amide bonds. The predicted octanol–water partition coefficient (Wildman–Crippen LogP) is 4.83. The summed E-state index contributed by atoms with van der Waals surface area (Å²) in [5.74, 6) is 0.00332. The Morgan fingerprint density at radius 2 is 1.56 bits per heavy atom. The highest BCUT2D eigenvalue weighted by Crippen LogP contribution is 2.20. The van der Waals surface area contributed by atoms with Crippen LogP contribution < -0.4 is 5.32 Å². The minimum atomic E-state index is -0.239. The van der Waals surface area contributed by atoms with Gasteiger partial charge in [0, 0.05) is 18.5 Å². The van der Waals surface area contributed by atoms with E-state index in [-0.39, 0.29) is 18.0 Å². The van der Waals surface area contributed by atoms with E-state index in [4.69, 9.17) is 4.74 Å². The number of rotatable bonds is 9. The second kappa shape index (κ2) is 10.00. The molecule has 3 nitrogen and oxygen atoms in total. The third kappa shape index (κ3) is 5.71. The van der Waals surface area contributed by atoms with Gasteiger partial charge in [-0.05, 0) is 30.5 Å². The van der Waals surface area contributed by atoms with Gasteiger partial charge in [0.25, 0.3) is 0 Å². The number of ether oxygens (including phenoxy) is 1. The van der Waals surface area contributed by atoms with E-state index in [9.17, 15) is 4.79 Å². The first-order valence-electron chi connectivity index (χ1n) is 9.19. The van der Waals surface area contributed by atoms with Crippen LogP contribution in [0.15, 0.2) is 60.7 Å². The molecule has 3 unspecified atom stereocenters. The zero-order chi connectivity index (χ0) is 18.1. The van der Waals surface area contributed by atoms with Gasteiger partial charge >= 0.3 is 5.97 Å². The van der Waals surface area contributed by atoms with Crippen molar-refractivity contribution in [1.82, 2.24) is 5.32 Å². The molecule has 3 atom stereocenters. The fraction of sp³-hybridized carbons (Fsp3) is 0.409. The molecule has 0 aliphatic heterocycles. The molecular weight excluding hydrogens is 310 g/mol. The quantitative estimate of drug-likeness (QED) is 0.665. The van der Waals surface area contributed by atoms with Crippen LogP contribution in [0.4, 0.5) is 0 Å². The predicted molar refractivity (Wildman–Crippen MR) is 102 cm³/mol. The lowest BCUT2D eigenvalue weighted by Gasteiger charge is -2.30. The van der Waals surface area contributed by atoms with E-state index < -0.39 is 0 Å². The Labute approximate surface area is 151 Å². The average molecular weight is 339 g/mol. The van der Waals surface area contributed by atoms with Crippen molar-refractivity contribution in [2.75, 3.05) is 0 Å². The molecule has 2 aromatic rings. The number of nitrogens with one attached hydrogen (secondary N) is 1. The van der Waals surface area contributed by atoms with E-state index in [1.54, 1.807) is 12.1 Å². The van der Waals surface area contributed by atoms with Gasteiger partial charge in [-0.1, -0.05) is 69.3 Å². The Hall–Kier alpha value is -2.13. The van der Waals surface area contributed by atoms with E-state index in [0.717, 1.165) is 19.4 Å². The highest BCUT2D eigenvalue weighted by Gasteiger charge is 2.26. The zero-order valence-corrected chi connectivity index (χ0v) is 15.4. The van der Waals surface area contributed by atoms with Crippen LogP contribution >= 0.6 is 0 Å². The van der Waals surface area contributed by atoms with Gasteiger partial charge in [0.15, 0.2) is 0 Å². The first kappa shape index (κ1) is 19.2. The minimum absolute atomic E-state index is 0.0964. The lowest BCUT2D eigenvalue weighted by Crippen LogP contribution is -2.41. The molecule has 2 aromatic carbocycles. The van der Waals surface area contributed by atoms with E-state index in [1.165, 1.54) is 5.56 Å². The van der Waals surface area contributed by atoms with Gasteiger partial charge in [0.1, 0.15) is 6.10 Å². The van der Waals surface area contributed by atoms with Gasteiger partial charge in [-0.15, -0.1) is 0 Å². The molecule has 0 bridgehead atoms. The number of esters is 1. The summed E-state index contributed by atoms with van der Waals surface area (Å²) in [6.45, 7) is 7.24. The summed E-state index contributed by atoms with van der Waals surface area (Å²) in [6.07, 6.45) is 1.71. The van der Waals surface area contributed by atoms with Crippen molar-refractivity contribution >= 4 is 5.97 Å². The molecule has 25 heavy (non-hydrogen) atoms. The maximum Gasteiger partial charge on any atom is 0.338 e. The van der Waals surface area contributed by atoms with Crippen LogP contribution in [0.1, 0.15) is 49.5 Å². The zero-order valence-electron chi connectivity index (χ0n) is 15.4. The molecule has 2 rings (SSSR count). The maximum absolute atomic E-state index is 12.4. The second-order valence-electron chi connectivity index (χ2n) is 6.46. The van der Waals surface area contributed by atoms with Gasteiger partial charge < -0.3 is 10.1 Å². The molecule has 0 aliphatic rings. The fourth-order valence-corrected chi connectivity index (χ4v) is 3.15. The lowest BCUT2D eigenvalue weighted by molar-refractivity contribution is 0.00891. The largest absolute Gasteiger partial charge is 0.458 e. The maximum atomic E-state index is 12.4. The van der Waals surface area contributed by atoms with Crippen molar-refractivity contribution < 1.29 is 9.53 Å². The Morgan fingerprint density at radius 1 is 0.960 bits per heavy atom. The molecule has 3 heteroatoms. The molecule has 134 valence electrons. The summed E-state index contributed by atoms with van der Waals surface area (Å²) in [7, 11) is 0. The third-order valence-electron chi connectivity index (χ3n) is 4.74. The van der Waals surface area contributed by atoms with Gasteiger partial charge in [-0.25, -0.2) is 4.79 Å². The Kier molecular flexibility index (Phi) is 7.68. The molecule has 0 aromatic heterocycles. The van der Waals surface area contributed by atoms with Gasteiger partial charge in [0.2, 0.25) is 0 Å². The molecule has 0 fully saturated rings. The second-order valence-corrected chi connectivity index (χ2v) is 6.46. The molecule has 0 heterocycles. The third-order valence-corrected chi connectivity index (χ3v) is 4.74. The number of benzene rings is 2. The SMILES string of the molecule is CCC(NCc1ccccc1)C(C)C(CC)OC(=O)c1ccccc1. The summed E-state index contributed by atoms with van der Waals surface area (Å²) in [6, 6.07) is 19.9. The molecule has 1 N–H and O–H groups in total. The van der Waals surface area contributed by atoms with Crippen LogP contribution in [0.5, 0.6) is 0 Å². The molecule has 0 radical (unpaired) electrons. The van der Waals surface area contributed by atoms with E-state index in [2.05, 4.69) is 50.4 Å². The highest BCUT2D eigenvalue weighted by molar-refractivity contribution is 5.89. The molecule has 0 saturated carbocycles. The monoisotopic (exact) mass is 339 g/mol. The molecule has 0 spiro atoms. The van der Waals surface area contributed by atoms with E-state index in [1.807, 2.05) is 24.3 Å². The van der Waals surface area contributed by atoms with Crippen molar-refractivity contribution in [3.8, 4) is 0 Å². The summed E-state index contributed by atoms with van der Waals surface area (Å²) in [5, 5.41) is 3.62. The first-order valence-corrected chi connectivity index (χ1v) is 9.19. The van der Waals surface area contributed by atoms with Crippen molar-refractivity contribution in [1.29, 1.82) is 0 Å². The Bertz CT molecular complexity index is 627. The smallest absolute Gasteiger partial charge is 0.338 e. The minimum Gasteiger partial charge on any atom is -0.458 e. The molecule has 0 aliphatic carbocycles. The standard InChI is InChI=1S/C22H29NO2/c1-4-20(23-16-18-12-8-6-9-13-18)17(3)21(5-2)25-22(24)19-14-10-7-11-15-19/h6-15,17,20-21,23H,4-5,16H2,1-3H3. The van der Waals surface area contributed by atoms with Crippen LogP contribution in [-0.2, 0) is 11.3 Å². The average Bonchev–Trinajstić information content (AvgIpc) is 2.67. The van der Waals surface area contributed by atoms with Gasteiger partial charge in [-0.2, -0.15) is 0 Å². The van der Waals surface area contributed by atoms with Crippen molar-refractivity contribution in [2.24, 2.45) is 5.92 Å². The summed E-state index contributed by atoms with van der Waals surface area (Å²) < 4.78 is 5.80. The van der Waals surface area contributed by atoms with Crippen LogP contribution in [0, 0.1) is 5.92 Å². The van der Waals surface area contributed by atoms with E-state index in [0.29, 0.717) is 11.6 Å². The van der Waals surface area contributed by atoms with Gasteiger partial charge in [0.05, 0.1) is 5.56 Å². The topological polar surface area (TPSA) is 38.3 Å². The lowest BCUT2D eigenvalue weighted by atomic mass is 9.91. The number of hydrogen-bond donors (Lipinski definition) is 1. The summed E-state index contributed by atoms with van der Waals surface area (Å²) in [4.78, 5) is 12.4. The van der Waals surface area contributed by atoms with Gasteiger partial charge in [-0.3, -0.25) is 0 Å². The summed E-state index contributed by atoms with van der Waals surface area (Å²) in [5.41, 5.74) is 1.88. The Morgan fingerprint density at radius 3 is 2.12 bits per heavy atom. The van der Waals surface area contributed by atoms with Crippen LogP contribution in [0.25, 0.3) is 0 Å². The number of carbonyl (C=O) groups is 1. The molecular formula is C22H29NO2. The van der Waals surface area contributed by atoms with E-state index >= 15 is 0 Å². The van der Waals surface area contributed by atoms with Crippen molar-refractivity contribution in [3.05, 3.63) is 71.8 Å². The highest BCUT2D eigenvalue weighted by atomic mass is 16.5. The van der Waals surface area contributed by atoms with Crippen LogP contribution in [0.2, 0.25) is 0 Å². The number of hydrogen-bond acceptors (Lipinski definition) is 3. The van der Waals surface area contributed by atoms with Crippen LogP contribution in [0.3, 0.4) is 0 Å². The van der Waals surface area contributed by atoms with Crippen LogP contribution in [-0.4, -0.2) is 18.1 Å². The Balaban J connectivity index is 1.96. The summed E-state index contributed by atoms with van der Waals surface area (Å²) >= 11 is 0. The van der Waals surface area contributed by atoms with Crippen molar-refractivity contribution in [2.45, 2.75) is 52.3 Å².